The van der Waals surface area contributed by atoms with Crippen LogP contribution in [0.15, 0.2) is 54.0 Å². The molecule has 1 aromatic heterocycles. The normalized spacial score (nSPS) is 13.5. The Morgan fingerprint density at radius 1 is 1.36 bits per heavy atom. The first kappa shape index (κ1) is 20.6. The summed E-state index contributed by atoms with van der Waals surface area (Å²) in [4.78, 5) is 22.2. The lowest BCUT2D eigenvalue weighted by molar-refractivity contribution is -0.121. The first-order valence-electron chi connectivity index (χ1n) is 8.47. The molecule has 2 unspecified atom stereocenters. The molecule has 1 heterocycles. The second-order valence-corrected chi connectivity index (χ2v) is 8.64. The van der Waals surface area contributed by atoms with Gasteiger partial charge in [-0.25, -0.2) is 0 Å². The maximum atomic E-state index is 12.8. The Kier molecular flexibility index (Phi) is 6.92. The average molecular weight is 436 g/mol. The molecule has 2 atom stereocenters. The summed E-state index contributed by atoms with van der Waals surface area (Å²) >= 11 is 7.57. The number of amides is 1. The van der Waals surface area contributed by atoms with Crippen LogP contribution in [0.1, 0.15) is 17.0 Å². The number of halogens is 1. The molecule has 5 nitrogen and oxygen atoms in total. The second-order valence-electron chi connectivity index (χ2n) is 6.10. The summed E-state index contributed by atoms with van der Waals surface area (Å²) in [5.74, 6) is -0.364. The lowest BCUT2D eigenvalue weighted by atomic mass is 9.99. The van der Waals surface area contributed by atoms with Crippen LogP contribution in [0.3, 0.4) is 0 Å². The molecule has 146 valence electrons. The van der Waals surface area contributed by atoms with Crippen LogP contribution < -0.4 is 10.1 Å². The molecule has 0 bridgehead atoms. The van der Waals surface area contributed by atoms with Gasteiger partial charge in [0.2, 0.25) is 5.91 Å². The minimum absolute atomic E-state index is 0.123. The molecule has 28 heavy (non-hydrogen) atoms. The number of nitrogens with one attached hydrogen (secondary N) is 1. The van der Waals surface area contributed by atoms with Crippen LogP contribution >= 0.6 is 31.0 Å². The van der Waals surface area contributed by atoms with Gasteiger partial charge in [-0.05, 0) is 58.3 Å². The van der Waals surface area contributed by atoms with Gasteiger partial charge in [-0.1, -0.05) is 23.7 Å². The highest BCUT2D eigenvalue weighted by molar-refractivity contribution is 7.38. The first-order chi connectivity index (χ1) is 13.5. The van der Waals surface area contributed by atoms with Crippen LogP contribution in [0.5, 0.6) is 5.75 Å². The maximum absolute atomic E-state index is 12.8. The number of hydrogen-bond acceptors (Lipinski definition) is 4. The van der Waals surface area contributed by atoms with E-state index in [9.17, 15) is 14.3 Å². The van der Waals surface area contributed by atoms with E-state index in [0.29, 0.717) is 16.3 Å². The van der Waals surface area contributed by atoms with Crippen molar-refractivity contribution in [2.45, 2.75) is 5.92 Å². The summed E-state index contributed by atoms with van der Waals surface area (Å²) in [7, 11) is -1.26. The zero-order chi connectivity index (χ0) is 20.1. The van der Waals surface area contributed by atoms with E-state index in [1.54, 1.807) is 25.3 Å². The van der Waals surface area contributed by atoms with Crippen LogP contribution in [-0.4, -0.2) is 24.1 Å². The van der Waals surface area contributed by atoms with Gasteiger partial charge < -0.3 is 14.9 Å². The third kappa shape index (κ3) is 5.03. The number of fused-ring (bicyclic) bond motifs is 1. The number of ether oxygens (including phenoxy) is 1. The fourth-order valence-electron chi connectivity index (χ4n) is 2.88. The molecule has 0 saturated carbocycles. The van der Waals surface area contributed by atoms with Crippen LogP contribution in [0, 0.1) is 0 Å². The zero-order valence-electron chi connectivity index (χ0n) is 15.0. The molecular formula is C20H19ClNO4PS. The third-order valence-corrected chi connectivity index (χ3v) is 6.21. The first-order valence-corrected chi connectivity index (χ1v) is 11.3. The van der Waals surface area contributed by atoms with E-state index in [1.807, 2.05) is 35.7 Å². The van der Waals surface area contributed by atoms with Gasteiger partial charge in [0.05, 0.1) is 13.0 Å². The Morgan fingerprint density at radius 3 is 2.93 bits per heavy atom. The molecular weight excluding hydrogens is 417 g/mol. The number of carbonyl (C=O) groups is 1. The molecule has 8 heteroatoms. The molecule has 3 rings (SSSR count). The summed E-state index contributed by atoms with van der Waals surface area (Å²) in [5.41, 5.74) is 1.57. The molecule has 3 aromatic rings. The number of rotatable bonds is 7. The van der Waals surface area contributed by atoms with Crippen molar-refractivity contribution in [1.82, 2.24) is 5.32 Å². The number of carbonyl (C=O) groups excluding carboxylic acids is 1. The highest BCUT2D eigenvalue weighted by atomic mass is 35.5. The molecule has 0 spiro atoms. The van der Waals surface area contributed by atoms with Gasteiger partial charge >= 0.3 is 0 Å². The Balaban J connectivity index is 1.82. The lowest BCUT2D eigenvalue weighted by Crippen LogP contribution is -2.26. The van der Waals surface area contributed by atoms with Gasteiger partial charge in [-0.3, -0.25) is 9.36 Å². The summed E-state index contributed by atoms with van der Waals surface area (Å²) < 4.78 is 17.7. The van der Waals surface area contributed by atoms with Crippen molar-refractivity contribution in [3.05, 3.63) is 70.2 Å². The largest absolute Gasteiger partial charge is 0.497 e. The highest BCUT2D eigenvalue weighted by Gasteiger charge is 2.25. The van der Waals surface area contributed by atoms with E-state index in [-0.39, 0.29) is 12.1 Å². The smallest absolute Gasteiger partial charge is 0.232 e. The SMILES string of the molecule is COc1cccc(/C=C/NC(=O)C(C[PH](=O)O)c2csc3ccc(Cl)cc23)c1. The van der Waals surface area contributed by atoms with Gasteiger partial charge in [0.25, 0.3) is 0 Å². The van der Waals surface area contributed by atoms with Crippen molar-refractivity contribution in [2.24, 2.45) is 0 Å². The highest BCUT2D eigenvalue weighted by Crippen LogP contribution is 2.36. The molecule has 0 aliphatic carbocycles. The summed E-state index contributed by atoms with van der Waals surface area (Å²) in [6.45, 7) is 0. The third-order valence-electron chi connectivity index (χ3n) is 4.23. The van der Waals surface area contributed by atoms with Gasteiger partial charge in [-0.15, -0.1) is 11.3 Å². The molecule has 0 saturated heterocycles. The van der Waals surface area contributed by atoms with E-state index in [1.165, 1.54) is 17.5 Å². The molecule has 1 amide bonds. The molecule has 2 N–H and O–H groups in total. The van der Waals surface area contributed by atoms with Gasteiger partial charge in [0.15, 0.2) is 8.03 Å². The predicted octanol–water partition coefficient (Wildman–Crippen LogP) is 4.90. The zero-order valence-corrected chi connectivity index (χ0v) is 17.6. The van der Waals surface area contributed by atoms with Gasteiger partial charge in [0.1, 0.15) is 5.75 Å². The van der Waals surface area contributed by atoms with Crippen molar-refractivity contribution >= 4 is 53.0 Å². The van der Waals surface area contributed by atoms with Crippen molar-refractivity contribution in [3.8, 4) is 5.75 Å². The summed E-state index contributed by atoms with van der Waals surface area (Å²) in [6.07, 6.45) is 3.14. The maximum Gasteiger partial charge on any atom is 0.232 e. The Labute approximate surface area is 172 Å². The van der Waals surface area contributed by atoms with Gasteiger partial charge in [0, 0.05) is 22.1 Å². The van der Waals surface area contributed by atoms with Gasteiger partial charge in [-0.2, -0.15) is 0 Å². The Morgan fingerprint density at radius 2 is 2.18 bits per heavy atom. The molecule has 0 fully saturated rings. The molecule has 0 radical (unpaired) electrons. The van der Waals surface area contributed by atoms with E-state index in [2.05, 4.69) is 5.32 Å². The monoisotopic (exact) mass is 435 g/mol. The van der Waals surface area contributed by atoms with Crippen molar-refractivity contribution in [1.29, 1.82) is 0 Å². The van der Waals surface area contributed by atoms with Crippen LogP contribution in [-0.2, 0) is 9.36 Å². The molecule has 0 aliphatic heterocycles. The van der Waals surface area contributed by atoms with E-state index in [4.69, 9.17) is 16.3 Å². The van der Waals surface area contributed by atoms with E-state index < -0.39 is 13.9 Å². The van der Waals surface area contributed by atoms with Crippen LogP contribution in [0.4, 0.5) is 0 Å². The standard InChI is InChI=1S/C20H19ClNO4PS/c1-26-15-4-2-3-13(9-15)7-8-22-20(23)17(11-27(24)25)18-12-28-19-6-5-14(21)10-16(18)19/h2-10,12,17,27H,11H2,1H3,(H,22,23)(H,24,25)/b8-7+. The molecule has 0 aliphatic rings. The fraction of sp³-hybridized carbons (Fsp3) is 0.150. The number of benzene rings is 2. The topological polar surface area (TPSA) is 75.6 Å². The summed E-state index contributed by atoms with van der Waals surface area (Å²) in [5, 5.41) is 5.96. The van der Waals surface area contributed by atoms with Crippen LogP contribution in [0.25, 0.3) is 16.2 Å². The average Bonchev–Trinajstić information content (AvgIpc) is 3.08. The number of thiophene rings is 1. The minimum atomic E-state index is -2.85. The van der Waals surface area contributed by atoms with Crippen LogP contribution in [0.2, 0.25) is 5.02 Å². The van der Waals surface area contributed by atoms with Crippen molar-refractivity contribution in [3.63, 3.8) is 0 Å². The van der Waals surface area contributed by atoms with Crippen molar-refractivity contribution in [2.75, 3.05) is 13.3 Å². The fourth-order valence-corrected chi connectivity index (χ4v) is 4.80. The van der Waals surface area contributed by atoms with E-state index in [0.717, 1.165) is 15.6 Å². The minimum Gasteiger partial charge on any atom is -0.497 e. The molecule has 2 aromatic carbocycles. The Hall–Kier alpha value is -2.11. The van der Waals surface area contributed by atoms with Crippen molar-refractivity contribution < 1.29 is 19.0 Å². The Bertz CT molecular complexity index is 1050. The predicted molar refractivity (Wildman–Crippen MR) is 116 cm³/mol. The summed E-state index contributed by atoms with van der Waals surface area (Å²) in [6, 6.07) is 12.8. The lowest BCUT2D eigenvalue weighted by Gasteiger charge is -2.14. The quantitative estimate of drug-likeness (QED) is 0.517. The van der Waals surface area contributed by atoms with E-state index >= 15 is 0 Å². The number of methoxy groups -OCH3 is 1. The number of hydrogen-bond donors (Lipinski definition) is 2. The second kappa shape index (κ2) is 9.39.